The van der Waals surface area contributed by atoms with Crippen LogP contribution >= 0.6 is 0 Å². The fourth-order valence-corrected chi connectivity index (χ4v) is 2.04. The van der Waals surface area contributed by atoms with E-state index < -0.39 is 23.7 Å². The quantitative estimate of drug-likeness (QED) is 0.775. The molecule has 2 aromatic rings. The number of aliphatic hydroxyl groups is 1. The van der Waals surface area contributed by atoms with Crippen molar-refractivity contribution in [1.29, 1.82) is 0 Å². The van der Waals surface area contributed by atoms with Crippen LogP contribution in [0.3, 0.4) is 0 Å². The van der Waals surface area contributed by atoms with Crippen LogP contribution in [0, 0.1) is 12.7 Å². The van der Waals surface area contributed by atoms with Gasteiger partial charge in [-0.25, -0.2) is 9.18 Å². The highest BCUT2D eigenvalue weighted by Gasteiger charge is 2.24. The minimum atomic E-state index is -1.27. The molecule has 0 aliphatic carbocycles. The first kappa shape index (κ1) is 15.0. The van der Waals surface area contributed by atoms with E-state index in [1.165, 1.54) is 12.1 Å². The molecule has 0 bridgehead atoms. The number of aliphatic hydroxyl groups excluding tert-OH is 1. The zero-order valence-electron chi connectivity index (χ0n) is 11.2. The van der Waals surface area contributed by atoms with Crippen molar-refractivity contribution in [3.63, 3.8) is 0 Å². The molecule has 2 rings (SSSR count). The molecular formula is C14H14FNO5. The highest BCUT2D eigenvalue weighted by Crippen LogP contribution is 2.27. The van der Waals surface area contributed by atoms with Crippen molar-refractivity contribution in [3.05, 3.63) is 35.3 Å². The van der Waals surface area contributed by atoms with E-state index in [0.29, 0.717) is 10.9 Å². The van der Waals surface area contributed by atoms with E-state index in [4.69, 9.17) is 14.6 Å². The number of benzene rings is 1. The number of carboxylic acids is 1. The summed E-state index contributed by atoms with van der Waals surface area (Å²) >= 11 is 0. The molecule has 1 heterocycles. The number of carbonyl (C=O) groups is 2. The average Bonchev–Trinajstić information content (AvgIpc) is 2.77. The molecule has 0 radical (unpaired) electrons. The van der Waals surface area contributed by atoms with Gasteiger partial charge in [-0.05, 0) is 13.0 Å². The van der Waals surface area contributed by atoms with Gasteiger partial charge in [0.05, 0.1) is 0 Å². The monoisotopic (exact) mass is 295 g/mol. The Balaban J connectivity index is 2.33. The molecule has 0 aliphatic heterocycles. The van der Waals surface area contributed by atoms with E-state index in [0.717, 1.165) is 0 Å². The Labute approximate surface area is 119 Å². The standard InChI is InChI=1S/C14H14FNO5/c1-7-8-3-2-4-9(15)12(8)21-11(7)13(18)16-10(5-6-17)14(19)20/h2-4,10,17H,5-6H2,1H3,(H,16,18)(H,19,20)/t10-/m1/s1. The molecule has 21 heavy (non-hydrogen) atoms. The second kappa shape index (κ2) is 5.92. The average molecular weight is 295 g/mol. The number of aryl methyl sites for hydroxylation is 1. The normalized spacial score (nSPS) is 12.3. The number of nitrogens with one attached hydrogen (secondary N) is 1. The van der Waals surface area contributed by atoms with E-state index in [2.05, 4.69) is 5.32 Å². The summed E-state index contributed by atoms with van der Waals surface area (Å²) in [6, 6.07) is 3.07. The molecule has 0 spiro atoms. The number of fused-ring (bicyclic) bond motifs is 1. The van der Waals surface area contributed by atoms with Gasteiger partial charge in [-0.1, -0.05) is 12.1 Å². The summed E-state index contributed by atoms with van der Waals surface area (Å²) in [4.78, 5) is 23.0. The lowest BCUT2D eigenvalue weighted by atomic mass is 10.1. The molecule has 0 unspecified atom stereocenters. The number of hydrogen-bond donors (Lipinski definition) is 3. The van der Waals surface area contributed by atoms with Crippen LogP contribution < -0.4 is 5.32 Å². The Morgan fingerprint density at radius 2 is 2.14 bits per heavy atom. The van der Waals surface area contributed by atoms with Gasteiger partial charge in [-0.2, -0.15) is 0 Å². The van der Waals surface area contributed by atoms with E-state index >= 15 is 0 Å². The van der Waals surface area contributed by atoms with Crippen molar-refractivity contribution >= 4 is 22.8 Å². The van der Waals surface area contributed by atoms with Crippen LogP contribution in [0.2, 0.25) is 0 Å². The van der Waals surface area contributed by atoms with Crippen molar-refractivity contribution in [2.45, 2.75) is 19.4 Å². The third-order valence-electron chi connectivity index (χ3n) is 3.14. The van der Waals surface area contributed by atoms with Gasteiger partial charge in [-0.3, -0.25) is 4.79 Å². The number of amides is 1. The number of aliphatic carboxylic acids is 1. The lowest BCUT2D eigenvalue weighted by Crippen LogP contribution is -2.41. The van der Waals surface area contributed by atoms with Crippen LogP contribution in [-0.2, 0) is 4.79 Å². The van der Waals surface area contributed by atoms with Gasteiger partial charge in [-0.15, -0.1) is 0 Å². The maximum Gasteiger partial charge on any atom is 0.326 e. The van der Waals surface area contributed by atoms with Crippen LogP contribution in [0.25, 0.3) is 11.0 Å². The second-order valence-electron chi connectivity index (χ2n) is 4.55. The van der Waals surface area contributed by atoms with Gasteiger partial charge in [0.1, 0.15) is 6.04 Å². The number of halogens is 1. The Hall–Kier alpha value is -2.41. The Bertz CT molecular complexity index is 694. The molecule has 7 heteroatoms. The highest BCUT2D eigenvalue weighted by molar-refractivity contribution is 6.00. The zero-order valence-corrected chi connectivity index (χ0v) is 11.2. The van der Waals surface area contributed by atoms with Crippen LogP contribution in [0.1, 0.15) is 22.5 Å². The largest absolute Gasteiger partial charge is 0.480 e. The van der Waals surface area contributed by atoms with Crippen molar-refractivity contribution in [3.8, 4) is 0 Å². The summed E-state index contributed by atoms with van der Waals surface area (Å²) in [5.41, 5.74) is 0.379. The smallest absolute Gasteiger partial charge is 0.326 e. The summed E-state index contributed by atoms with van der Waals surface area (Å²) in [5, 5.41) is 20.4. The topological polar surface area (TPSA) is 99.8 Å². The number of carboxylic acid groups (broad SMARTS) is 1. The predicted molar refractivity (Wildman–Crippen MR) is 71.5 cm³/mol. The number of hydrogen-bond acceptors (Lipinski definition) is 4. The third kappa shape index (κ3) is 2.87. The van der Waals surface area contributed by atoms with Gasteiger partial charge >= 0.3 is 5.97 Å². The summed E-state index contributed by atoms with van der Waals surface area (Å²) in [6.07, 6.45) is -0.130. The van der Waals surface area contributed by atoms with Crippen molar-refractivity contribution in [2.24, 2.45) is 0 Å². The van der Waals surface area contributed by atoms with E-state index in [1.54, 1.807) is 13.0 Å². The Morgan fingerprint density at radius 3 is 2.71 bits per heavy atom. The first-order valence-corrected chi connectivity index (χ1v) is 6.27. The van der Waals surface area contributed by atoms with Crippen molar-refractivity contribution in [2.75, 3.05) is 6.61 Å². The molecule has 1 aromatic heterocycles. The molecule has 3 N–H and O–H groups in total. The third-order valence-corrected chi connectivity index (χ3v) is 3.14. The van der Waals surface area contributed by atoms with Gasteiger partial charge in [0.25, 0.3) is 5.91 Å². The van der Waals surface area contributed by atoms with Crippen molar-refractivity contribution in [1.82, 2.24) is 5.32 Å². The number of furan rings is 1. The minimum Gasteiger partial charge on any atom is -0.480 e. The maximum atomic E-state index is 13.6. The molecule has 0 aliphatic rings. The van der Waals surface area contributed by atoms with Gasteiger partial charge in [0, 0.05) is 24.0 Å². The fourth-order valence-electron chi connectivity index (χ4n) is 2.04. The first-order valence-electron chi connectivity index (χ1n) is 6.27. The summed E-state index contributed by atoms with van der Waals surface area (Å²) < 4.78 is 18.8. The van der Waals surface area contributed by atoms with Gasteiger partial charge in [0.15, 0.2) is 17.2 Å². The Kier molecular flexibility index (Phi) is 4.23. The van der Waals surface area contributed by atoms with E-state index in [9.17, 15) is 14.0 Å². The molecular weight excluding hydrogens is 281 g/mol. The molecule has 1 amide bonds. The summed E-state index contributed by atoms with van der Waals surface area (Å²) in [5.74, 6) is -2.76. The van der Waals surface area contributed by atoms with Crippen LogP contribution in [-0.4, -0.2) is 34.7 Å². The zero-order chi connectivity index (χ0) is 15.6. The van der Waals surface area contributed by atoms with Gasteiger partial charge in [0.2, 0.25) is 0 Å². The fraction of sp³-hybridized carbons (Fsp3) is 0.286. The maximum absolute atomic E-state index is 13.6. The SMILES string of the molecule is Cc1c(C(=O)N[C@H](CCO)C(=O)O)oc2c(F)cccc12. The molecule has 112 valence electrons. The number of para-hydroxylation sites is 1. The molecule has 0 fully saturated rings. The van der Waals surface area contributed by atoms with Gasteiger partial charge < -0.3 is 19.9 Å². The van der Waals surface area contributed by atoms with E-state index in [1.807, 2.05) is 0 Å². The first-order chi connectivity index (χ1) is 9.95. The molecule has 0 saturated heterocycles. The van der Waals surface area contributed by atoms with Crippen LogP contribution in [0.15, 0.2) is 22.6 Å². The minimum absolute atomic E-state index is 0.0471. The number of rotatable bonds is 5. The van der Waals surface area contributed by atoms with E-state index in [-0.39, 0.29) is 24.4 Å². The van der Waals surface area contributed by atoms with Crippen LogP contribution in [0.4, 0.5) is 4.39 Å². The lowest BCUT2D eigenvalue weighted by molar-refractivity contribution is -0.139. The molecule has 1 aromatic carbocycles. The summed E-state index contributed by atoms with van der Waals surface area (Å²) in [7, 11) is 0. The van der Waals surface area contributed by atoms with Crippen LogP contribution in [0.5, 0.6) is 0 Å². The summed E-state index contributed by atoms with van der Waals surface area (Å²) in [6.45, 7) is 1.20. The van der Waals surface area contributed by atoms with Crippen molar-refractivity contribution < 1.29 is 28.6 Å². The predicted octanol–water partition coefficient (Wildman–Crippen LogP) is 1.45. The highest BCUT2D eigenvalue weighted by atomic mass is 19.1. The second-order valence-corrected chi connectivity index (χ2v) is 4.55. The molecule has 6 nitrogen and oxygen atoms in total. The number of carbonyl (C=O) groups excluding carboxylic acids is 1. The Morgan fingerprint density at radius 1 is 1.43 bits per heavy atom. The molecule has 0 saturated carbocycles. The lowest BCUT2D eigenvalue weighted by Gasteiger charge is -2.12. The molecule has 1 atom stereocenters.